The lowest BCUT2D eigenvalue weighted by Crippen LogP contribution is -2.12. The number of nitro benzene ring substituents is 1. The van der Waals surface area contributed by atoms with Crippen molar-refractivity contribution >= 4 is 11.7 Å². The standard InChI is InChI=1S/C16H15NO6/c1-21-13-6-4-3-5-11(13)9-16(18)23-15-10-12(17(19)20)7-8-14(15)22-2/h3-8,10H,9H2,1-2H3. The first-order valence-electron chi connectivity index (χ1n) is 6.70. The Balaban J connectivity index is 2.19. The third-order valence-corrected chi connectivity index (χ3v) is 3.11. The van der Waals surface area contributed by atoms with E-state index in [9.17, 15) is 14.9 Å². The van der Waals surface area contributed by atoms with Crippen LogP contribution in [0.4, 0.5) is 5.69 Å². The number of ether oxygens (including phenoxy) is 3. The minimum absolute atomic E-state index is 0.00148. The van der Waals surface area contributed by atoms with E-state index in [-0.39, 0.29) is 23.6 Å². The van der Waals surface area contributed by atoms with Crippen molar-refractivity contribution in [3.8, 4) is 17.2 Å². The average Bonchev–Trinajstić information content (AvgIpc) is 2.55. The van der Waals surface area contributed by atoms with E-state index in [1.807, 2.05) is 0 Å². The van der Waals surface area contributed by atoms with Crippen molar-refractivity contribution in [3.05, 3.63) is 58.1 Å². The summed E-state index contributed by atoms with van der Waals surface area (Å²) in [6.45, 7) is 0. The van der Waals surface area contributed by atoms with Gasteiger partial charge in [-0.3, -0.25) is 14.9 Å². The van der Waals surface area contributed by atoms with Crippen LogP contribution >= 0.6 is 0 Å². The molecule has 0 fully saturated rings. The quantitative estimate of drug-likeness (QED) is 0.352. The fourth-order valence-corrected chi connectivity index (χ4v) is 2.02. The van der Waals surface area contributed by atoms with Crippen molar-refractivity contribution in [3.63, 3.8) is 0 Å². The lowest BCUT2D eigenvalue weighted by Gasteiger charge is -2.10. The zero-order valence-electron chi connectivity index (χ0n) is 12.6. The van der Waals surface area contributed by atoms with Gasteiger partial charge in [0.25, 0.3) is 5.69 Å². The molecule has 0 aliphatic rings. The molecule has 0 unspecified atom stereocenters. The molecule has 23 heavy (non-hydrogen) atoms. The van der Waals surface area contributed by atoms with Gasteiger partial charge in [-0.15, -0.1) is 0 Å². The molecule has 0 saturated carbocycles. The second kappa shape index (κ2) is 7.26. The molecule has 0 amide bonds. The number of esters is 1. The molecular weight excluding hydrogens is 302 g/mol. The van der Waals surface area contributed by atoms with Gasteiger partial charge in [0.15, 0.2) is 11.5 Å². The monoisotopic (exact) mass is 317 g/mol. The minimum Gasteiger partial charge on any atom is -0.496 e. The summed E-state index contributed by atoms with van der Waals surface area (Å²) in [6, 6.07) is 10.8. The van der Waals surface area contributed by atoms with Crippen LogP contribution in [0.25, 0.3) is 0 Å². The predicted octanol–water partition coefficient (Wildman–Crippen LogP) is 2.76. The van der Waals surface area contributed by atoms with Crippen LogP contribution in [0.2, 0.25) is 0 Å². The highest BCUT2D eigenvalue weighted by Gasteiger charge is 2.17. The van der Waals surface area contributed by atoms with Crippen LogP contribution in [-0.4, -0.2) is 25.1 Å². The summed E-state index contributed by atoms with van der Waals surface area (Å²) in [5.41, 5.74) is 0.468. The van der Waals surface area contributed by atoms with Crippen molar-refractivity contribution in [2.24, 2.45) is 0 Å². The van der Waals surface area contributed by atoms with E-state index in [2.05, 4.69) is 0 Å². The molecule has 0 heterocycles. The van der Waals surface area contributed by atoms with Crippen LogP contribution in [0.5, 0.6) is 17.2 Å². The number of methoxy groups -OCH3 is 2. The van der Waals surface area contributed by atoms with Gasteiger partial charge in [-0.2, -0.15) is 0 Å². The number of carbonyl (C=O) groups excluding carboxylic acids is 1. The summed E-state index contributed by atoms with van der Waals surface area (Å²) in [5, 5.41) is 10.8. The first kappa shape index (κ1) is 16.3. The highest BCUT2D eigenvalue weighted by atomic mass is 16.6. The minimum atomic E-state index is -0.576. The molecule has 0 spiro atoms. The normalized spacial score (nSPS) is 10.0. The van der Waals surface area contributed by atoms with Gasteiger partial charge >= 0.3 is 5.97 Å². The Hall–Kier alpha value is -3.09. The Labute approximate surface area is 132 Å². The number of carbonyl (C=O) groups is 1. The molecule has 0 aliphatic carbocycles. The maximum absolute atomic E-state index is 12.1. The van der Waals surface area contributed by atoms with Crippen molar-refractivity contribution in [2.75, 3.05) is 14.2 Å². The number of hydrogen-bond donors (Lipinski definition) is 0. The Kier molecular flexibility index (Phi) is 5.14. The van der Waals surface area contributed by atoms with Crippen LogP contribution in [0.15, 0.2) is 42.5 Å². The summed E-state index contributed by atoms with van der Waals surface area (Å²) in [7, 11) is 2.90. The highest BCUT2D eigenvalue weighted by molar-refractivity contribution is 5.77. The fraction of sp³-hybridized carbons (Fsp3) is 0.188. The molecule has 0 atom stereocenters. The molecule has 0 aromatic heterocycles. The summed E-state index contributed by atoms with van der Waals surface area (Å²) < 4.78 is 15.4. The first-order valence-corrected chi connectivity index (χ1v) is 6.70. The molecule has 2 rings (SSSR count). The van der Waals surface area contributed by atoms with Gasteiger partial charge < -0.3 is 14.2 Å². The Morgan fingerprint density at radius 3 is 2.39 bits per heavy atom. The van der Waals surface area contributed by atoms with E-state index in [4.69, 9.17) is 14.2 Å². The van der Waals surface area contributed by atoms with Crippen LogP contribution in [0.3, 0.4) is 0 Å². The van der Waals surface area contributed by atoms with Gasteiger partial charge in [0, 0.05) is 11.6 Å². The zero-order valence-corrected chi connectivity index (χ0v) is 12.6. The maximum Gasteiger partial charge on any atom is 0.315 e. The lowest BCUT2D eigenvalue weighted by atomic mass is 10.1. The molecule has 0 radical (unpaired) electrons. The molecule has 0 bridgehead atoms. The molecular formula is C16H15NO6. The molecule has 0 aliphatic heterocycles. The SMILES string of the molecule is COc1ccccc1CC(=O)Oc1cc([N+](=O)[O-])ccc1OC. The molecule has 7 heteroatoms. The summed E-state index contributed by atoms with van der Waals surface area (Å²) >= 11 is 0. The lowest BCUT2D eigenvalue weighted by molar-refractivity contribution is -0.384. The van der Waals surface area contributed by atoms with Crippen molar-refractivity contribution in [2.45, 2.75) is 6.42 Å². The second-order valence-corrected chi connectivity index (χ2v) is 4.55. The van der Waals surface area contributed by atoms with E-state index in [1.165, 1.54) is 26.4 Å². The fourth-order valence-electron chi connectivity index (χ4n) is 2.02. The highest BCUT2D eigenvalue weighted by Crippen LogP contribution is 2.31. The van der Waals surface area contributed by atoms with Gasteiger partial charge in [-0.05, 0) is 12.1 Å². The number of benzene rings is 2. The van der Waals surface area contributed by atoms with E-state index in [0.717, 1.165) is 6.07 Å². The molecule has 0 N–H and O–H groups in total. The maximum atomic E-state index is 12.1. The van der Waals surface area contributed by atoms with E-state index in [0.29, 0.717) is 11.3 Å². The Morgan fingerprint density at radius 1 is 1.04 bits per heavy atom. The van der Waals surface area contributed by atoms with Crippen LogP contribution < -0.4 is 14.2 Å². The van der Waals surface area contributed by atoms with Crippen molar-refractivity contribution in [1.29, 1.82) is 0 Å². The van der Waals surface area contributed by atoms with Crippen LogP contribution in [-0.2, 0) is 11.2 Å². The van der Waals surface area contributed by atoms with Gasteiger partial charge in [-0.25, -0.2) is 0 Å². The van der Waals surface area contributed by atoms with Gasteiger partial charge in [0.05, 0.1) is 31.6 Å². The van der Waals surface area contributed by atoms with Crippen molar-refractivity contribution < 1.29 is 23.9 Å². The first-order chi connectivity index (χ1) is 11.0. The van der Waals surface area contributed by atoms with Gasteiger partial charge in [0.2, 0.25) is 0 Å². The Bertz CT molecular complexity index is 728. The van der Waals surface area contributed by atoms with E-state index in [1.54, 1.807) is 24.3 Å². The predicted molar refractivity (Wildman–Crippen MR) is 82.0 cm³/mol. The third kappa shape index (κ3) is 3.97. The van der Waals surface area contributed by atoms with Crippen molar-refractivity contribution in [1.82, 2.24) is 0 Å². The van der Waals surface area contributed by atoms with E-state index >= 15 is 0 Å². The average molecular weight is 317 g/mol. The van der Waals surface area contributed by atoms with Crippen LogP contribution in [0.1, 0.15) is 5.56 Å². The summed E-state index contributed by atoms with van der Waals surface area (Å²) in [6.07, 6.45) is -0.0319. The molecule has 2 aromatic carbocycles. The number of nitro groups is 1. The van der Waals surface area contributed by atoms with Crippen LogP contribution in [0, 0.1) is 10.1 Å². The zero-order chi connectivity index (χ0) is 16.8. The largest absolute Gasteiger partial charge is 0.496 e. The van der Waals surface area contributed by atoms with E-state index < -0.39 is 10.9 Å². The Morgan fingerprint density at radius 2 is 1.74 bits per heavy atom. The molecule has 2 aromatic rings. The second-order valence-electron chi connectivity index (χ2n) is 4.55. The van der Waals surface area contributed by atoms with Gasteiger partial charge in [-0.1, -0.05) is 18.2 Å². The number of non-ortho nitro benzene ring substituents is 1. The number of hydrogen-bond acceptors (Lipinski definition) is 6. The van der Waals surface area contributed by atoms with Gasteiger partial charge in [0.1, 0.15) is 5.75 Å². The number of para-hydroxylation sites is 1. The third-order valence-electron chi connectivity index (χ3n) is 3.11. The topological polar surface area (TPSA) is 87.9 Å². The summed E-state index contributed by atoms with van der Waals surface area (Å²) in [4.78, 5) is 22.3. The number of nitrogens with zero attached hydrogens (tertiary/aromatic N) is 1. The smallest absolute Gasteiger partial charge is 0.315 e. The molecule has 120 valence electrons. The summed E-state index contributed by atoms with van der Waals surface area (Å²) in [5.74, 6) is 0.231. The number of rotatable bonds is 6. The molecule has 7 nitrogen and oxygen atoms in total. The molecule has 0 saturated heterocycles.